The number of halogens is 1. The zero-order valence-corrected chi connectivity index (χ0v) is 17.7. The van der Waals surface area contributed by atoms with E-state index in [1.165, 1.54) is 7.11 Å². The predicted molar refractivity (Wildman–Crippen MR) is 116 cm³/mol. The number of piperazine rings is 1. The molecule has 0 atom stereocenters. The summed E-state index contributed by atoms with van der Waals surface area (Å²) in [5.41, 5.74) is 2.31. The number of methoxy groups -OCH3 is 1. The number of anilines is 2. The molecule has 2 aromatic carbocycles. The molecule has 154 valence electrons. The van der Waals surface area contributed by atoms with E-state index in [1.54, 1.807) is 36.4 Å². The highest BCUT2D eigenvalue weighted by atomic mass is 35.5. The SMILES string of the molecule is COC(=O)c1ccc(N2CCN(C(C)C)CC2)c(NC(=O)c2cccc(Cl)c2)c1. The third kappa shape index (κ3) is 5.08. The van der Waals surface area contributed by atoms with Crippen LogP contribution in [-0.4, -0.2) is 56.1 Å². The Morgan fingerprint density at radius 2 is 1.76 bits per heavy atom. The van der Waals surface area contributed by atoms with Gasteiger partial charge in [0.1, 0.15) is 0 Å². The zero-order chi connectivity index (χ0) is 21.0. The molecule has 6 nitrogen and oxygen atoms in total. The van der Waals surface area contributed by atoms with Gasteiger partial charge in [0.15, 0.2) is 0 Å². The van der Waals surface area contributed by atoms with Gasteiger partial charge in [-0.1, -0.05) is 17.7 Å². The van der Waals surface area contributed by atoms with Crippen LogP contribution < -0.4 is 10.2 Å². The quantitative estimate of drug-likeness (QED) is 0.750. The molecule has 2 aromatic rings. The fourth-order valence-corrected chi connectivity index (χ4v) is 3.65. The van der Waals surface area contributed by atoms with E-state index >= 15 is 0 Å². The van der Waals surface area contributed by atoms with Gasteiger partial charge in [0.2, 0.25) is 0 Å². The molecule has 1 amide bonds. The summed E-state index contributed by atoms with van der Waals surface area (Å²) in [5.74, 6) is -0.726. The lowest BCUT2D eigenvalue weighted by Gasteiger charge is -2.38. The van der Waals surface area contributed by atoms with Crippen LogP contribution in [0.1, 0.15) is 34.6 Å². The standard InChI is InChI=1S/C22H26ClN3O3/c1-15(2)25-9-11-26(12-10-25)20-8-7-17(22(28)29-3)14-19(20)24-21(27)16-5-4-6-18(23)13-16/h4-8,13-15H,9-12H2,1-3H3,(H,24,27). The molecule has 1 aliphatic heterocycles. The molecule has 3 rings (SSSR count). The maximum atomic E-state index is 12.8. The number of carbonyl (C=O) groups excluding carboxylic acids is 2. The maximum absolute atomic E-state index is 12.8. The molecule has 1 aliphatic rings. The van der Waals surface area contributed by atoms with E-state index in [1.807, 2.05) is 6.07 Å². The third-order valence-corrected chi connectivity index (χ3v) is 5.37. The summed E-state index contributed by atoms with van der Waals surface area (Å²) in [7, 11) is 1.34. The van der Waals surface area contributed by atoms with Crippen molar-refractivity contribution in [3.63, 3.8) is 0 Å². The summed E-state index contributed by atoms with van der Waals surface area (Å²) < 4.78 is 4.83. The number of hydrogen-bond acceptors (Lipinski definition) is 5. The Kier molecular flexibility index (Phi) is 6.77. The first-order chi connectivity index (χ1) is 13.9. The summed E-state index contributed by atoms with van der Waals surface area (Å²) >= 11 is 6.02. The number of nitrogens with one attached hydrogen (secondary N) is 1. The molecule has 29 heavy (non-hydrogen) atoms. The van der Waals surface area contributed by atoms with E-state index in [4.69, 9.17) is 16.3 Å². The van der Waals surface area contributed by atoms with Gasteiger partial charge in [0.25, 0.3) is 5.91 Å². The third-order valence-electron chi connectivity index (χ3n) is 5.14. The van der Waals surface area contributed by atoms with Crippen molar-refractivity contribution in [1.82, 2.24) is 4.90 Å². The second-order valence-electron chi connectivity index (χ2n) is 7.30. The molecule has 0 unspecified atom stereocenters. The van der Waals surface area contributed by atoms with Crippen LogP contribution in [0.4, 0.5) is 11.4 Å². The van der Waals surface area contributed by atoms with Crippen LogP contribution >= 0.6 is 11.6 Å². The van der Waals surface area contributed by atoms with Crippen molar-refractivity contribution in [1.29, 1.82) is 0 Å². The highest BCUT2D eigenvalue weighted by Crippen LogP contribution is 2.29. The number of amides is 1. The first-order valence-electron chi connectivity index (χ1n) is 9.67. The van der Waals surface area contributed by atoms with Crippen LogP contribution in [0.15, 0.2) is 42.5 Å². The lowest BCUT2D eigenvalue weighted by molar-refractivity contribution is 0.0600. The maximum Gasteiger partial charge on any atom is 0.337 e. The minimum Gasteiger partial charge on any atom is -0.465 e. The predicted octanol–water partition coefficient (Wildman–Crippen LogP) is 3.91. The van der Waals surface area contributed by atoms with Crippen molar-refractivity contribution >= 4 is 34.9 Å². The largest absolute Gasteiger partial charge is 0.465 e. The van der Waals surface area contributed by atoms with Gasteiger partial charge in [-0.25, -0.2) is 4.79 Å². The van der Waals surface area contributed by atoms with Crippen molar-refractivity contribution in [3.8, 4) is 0 Å². The van der Waals surface area contributed by atoms with Gasteiger partial charge < -0.3 is 15.0 Å². The van der Waals surface area contributed by atoms with E-state index in [0.29, 0.717) is 27.9 Å². The molecular formula is C22H26ClN3O3. The number of esters is 1. The summed E-state index contributed by atoms with van der Waals surface area (Å²) in [5, 5.41) is 3.44. The second-order valence-corrected chi connectivity index (χ2v) is 7.74. The van der Waals surface area contributed by atoms with E-state index in [9.17, 15) is 9.59 Å². The summed E-state index contributed by atoms with van der Waals surface area (Å²) in [6.45, 7) is 7.96. The van der Waals surface area contributed by atoms with E-state index in [0.717, 1.165) is 31.9 Å². The molecule has 0 aliphatic carbocycles. The van der Waals surface area contributed by atoms with Crippen molar-refractivity contribution in [3.05, 3.63) is 58.6 Å². The van der Waals surface area contributed by atoms with Crippen LogP contribution in [-0.2, 0) is 4.74 Å². The van der Waals surface area contributed by atoms with Crippen molar-refractivity contribution in [2.45, 2.75) is 19.9 Å². The Bertz CT molecular complexity index is 893. The molecule has 1 heterocycles. The van der Waals surface area contributed by atoms with Gasteiger partial charge in [-0.05, 0) is 50.2 Å². The number of carbonyl (C=O) groups is 2. The molecule has 0 aromatic heterocycles. The fraction of sp³-hybridized carbons (Fsp3) is 0.364. The van der Waals surface area contributed by atoms with Gasteiger partial charge in [0.05, 0.1) is 24.0 Å². The van der Waals surface area contributed by atoms with E-state index < -0.39 is 5.97 Å². The number of hydrogen-bond donors (Lipinski definition) is 1. The monoisotopic (exact) mass is 415 g/mol. The van der Waals surface area contributed by atoms with Crippen LogP contribution in [0.3, 0.4) is 0 Å². The Morgan fingerprint density at radius 1 is 1.03 bits per heavy atom. The highest BCUT2D eigenvalue weighted by Gasteiger charge is 2.22. The van der Waals surface area contributed by atoms with Crippen LogP contribution in [0.25, 0.3) is 0 Å². The Labute approximate surface area is 176 Å². The van der Waals surface area contributed by atoms with Gasteiger partial charge >= 0.3 is 5.97 Å². The summed E-state index contributed by atoms with van der Waals surface area (Å²) in [6, 6.07) is 12.5. The average molecular weight is 416 g/mol. The van der Waals surface area contributed by atoms with Crippen LogP contribution in [0, 0.1) is 0 Å². The topological polar surface area (TPSA) is 61.9 Å². The number of ether oxygens (including phenoxy) is 1. The Hall–Kier alpha value is -2.57. The van der Waals surface area contributed by atoms with Gasteiger partial charge in [-0.3, -0.25) is 9.69 Å². The Balaban J connectivity index is 1.88. The second kappa shape index (κ2) is 9.29. The number of nitrogens with zero attached hydrogens (tertiary/aromatic N) is 2. The molecule has 1 N–H and O–H groups in total. The number of benzene rings is 2. The minimum atomic E-state index is -0.445. The Morgan fingerprint density at radius 3 is 2.38 bits per heavy atom. The lowest BCUT2D eigenvalue weighted by Crippen LogP contribution is -2.49. The first kappa shape index (κ1) is 21.1. The fourth-order valence-electron chi connectivity index (χ4n) is 3.46. The average Bonchev–Trinajstić information content (AvgIpc) is 2.73. The molecule has 0 spiro atoms. The molecule has 0 bridgehead atoms. The van der Waals surface area contributed by atoms with Crippen LogP contribution in [0.2, 0.25) is 5.02 Å². The normalized spacial score (nSPS) is 14.7. The van der Waals surface area contributed by atoms with E-state index in [2.05, 4.69) is 29.0 Å². The van der Waals surface area contributed by atoms with Crippen molar-refractivity contribution < 1.29 is 14.3 Å². The summed E-state index contributed by atoms with van der Waals surface area (Å²) in [6.07, 6.45) is 0. The zero-order valence-electron chi connectivity index (χ0n) is 16.9. The van der Waals surface area contributed by atoms with Crippen molar-refractivity contribution in [2.75, 3.05) is 43.5 Å². The van der Waals surface area contributed by atoms with Crippen molar-refractivity contribution in [2.24, 2.45) is 0 Å². The lowest BCUT2D eigenvalue weighted by atomic mass is 10.1. The smallest absolute Gasteiger partial charge is 0.337 e. The summed E-state index contributed by atoms with van der Waals surface area (Å²) in [4.78, 5) is 29.4. The van der Waals surface area contributed by atoms with Gasteiger partial charge in [-0.2, -0.15) is 0 Å². The molecule has 1 fully saturated rings. The molecule has 0 saturated carbocycles. The first-order valence-corrected chi connectivity index (χ1v) is 10.0. The van der Waals surface area contributed by atoms with Crippen LogP contribution in [0.5, 0.6) is 0 Å². The molecular weight excluding hydrogens is 390 g/mol. The number of rotatable bonds is 5. The minimum absolute atomic E-state index is 0.281. The molecule has 7 heteroatoms. The highest BCUT2D eigenvalue weighted by molar-refractivity contribution is 6.31. The molecule has 0 radical (unpaired) electrons. The van der Waals surface area contributed by atoms with E-state index in [-0.39, 0.29) is 5.91 Å². The molecule has 1 saturated heterocycles. The van der Waals surface area contributed by atoms with Gasteiger partial charge in [-0.15, -0.1) is 0 Å². The van der Waals surface area contributed by atoms with Gasteiger partial charge in [0, 0.05) is 42.8 Å².